The van der Waals surface area contributed by atoms with Crippen LogP contribution < -0.4 is 5.32 Å². The van der Waals surface area contributed by atoms with Crippen molar-refractivity contribution in [2.45, 2.75) is 31.5 Å². The molecule has 0 aliphatic carbocycles. The Bertz CT molecular complexity index is 538. The third kappa shape index (κ3) is 3.54. The number of carbonyl (C=O) groups is 1. The van der Waals surface area contributed by atoms with E-state index in [4.69, 9.17) is 21.2 Å². The summed E-state index contributed by atoms with van der Waals surface area (Å²) in [5, 5.41) is 7.53. The molecule has 3 rings (SSSR count). The van der Waals surface area contributed by atoms with Gasteiger partial charge in [-0.1, -0.05) is 28.9 Å². The number of oxime groups is 1. The average Bonchev–Trinajstić information content (AvgIpc) is 3.17. The lowest BCUT2D eigenvalue weighted by molar-refractivity contribution is -0.131. The van der Waals surface area contributed by atoms with E-state index in [1.54, 1.807) is 12.1 Å². The van der Waals surface area contributed by atoms with E-state index in [-0.39, 0.29) is 12.0 Å². The van der Waals surface area contributed by atoms with Crippen LogP contribution in [0, 0.1) is 0 Å². The topological polar surface area (TPSA) is 59.9 Å². The summed E-state index contributed by atoms with van der Waals surface area (Å²) in [6.45, 7) is 1.32. The fourth-order valence-electron chi connectivity index (χ4n) is 2.46. The van der Waals surface area contributed by atoms with E-state index in [1.807, 2.05) is 12.1 Å². The minimum Gasteiger partial charge on any atom is -0.382 e. The van der Waals surface area contributed by atoms with Crippen molar-refractivity contribution in [3.05, 3.63) is 34.9 Å². The summed E-state index contributed by atoms with van der Waals surface area (Å²) in [5.41, 5.74) is 1.69. The van der Waals surface area contributed by atoms with Gasteiger partial charge in [0, 0.05) is 24.6 Å². The van der Waals surface area contributed by atoms with Crippen LogP contribution in [0.4, 0.5) is 0 Å². The van der Waals surface area contributed by atoms with Crippen LogP contribution in [0.2, 0.25) is 5.02 Å². The Hall–Kier alpha value is -1.59. The third-order valence-electron chi connectivity index (χ3n) is 3.67. The second-order valence-electron chi connectivity index (χ2n) is 5.22. The van der Waals surface area contributed by atoms with Crippen LogP contribution >= 0.6 is 11.6 Å². The van der Waals surface area contributed by atoms with Gasteiger partial charge in [-0.2, -0.15) is 0 Å². The Morgan fingerprint density at radius 2 is 2.19 bits per heavy atom. The molecule has 21 heavy (non-hydrogen) atoms. The Labute approximate surface area is 128 Å². The van der Waals surface area contributed by atoms with Crippen molar-refractivity contribution in [1.82, 2.24) is 5.32 Å². The van der Waals surface area contributed by atoms with Crippen LogP contribution in [-0.4, -0.2) is 37.0 Å². The Kier molecular flexibility index (Phi) is 4.41. The van der Waals surface area contributed by atoms with Crippen LogP contribution in [-0.2, 0) is 14.4 Å². The van der Waals surface area contributed by atoms with Gasteiger partial charge in [-0.3, -0.25) is 4.79 Å². The van der Waals surface area contributed by atoms with Gasteiger partial charge in [0.15, 0.2) is 0 Å². The molecule has 0 bridgehead atoms. The summed E-state index contributed by atoms with van der Waals surface area (Å²) in [4.78, 5) is 17.3. The highest BCUT2D eigenvalue weighted by molar-refractivity contribution is 6.30. The molecule has 1 N–H and O–H groups in total. The van der Waals surface area contributed by atoms with Crippen molar-refractivity contribution in [3.63, 3.8) is 0 Å². The first-order chi connectivity index (χ1) is 10.2. The molecule has 2 atom stereocenters. The molecule has 0 unspecified atom stereocenters. The number of benzene rings is 1. The smallest absolute Gasteiger partial charge is 0.264 e. The number of hydrogen-bond acceptors (Lipinski definition) is 4. The van der Waals surface area contributed by atoms with E-state index in [1.165, 1.54) is 0 Å². The quantitative estimate of drug-likeness (QED) is 0.927. The van der Waals surface area contributed by atoms with Crippen molar-refractivity contribution >= 4 is 23.2 Å². The second kappa shape index (κ2) is 6.45. The molecule has 2 aliphatic rings. The summed E-state index contributed by atoms with van der Waals surface area (Å²) in [6.07, 6.45) is 2.10. The molecular weight excluding hydrogens is 292 g/mol. The van der Waals surface area contributed by atoms with Crippen molar-refractivity contribution < 1.29 is 14.4 Å². The number of halogens is 1. The third-order valence-corrected chi connectivity index (χ3v) is 3.92. The maximum Gasteiger partial charge on any atom is 0.264 e. The zero-order chi connectivity index (χ0) is 14.7. The monoisotopic (exact) mass is 308 g/mol. The molecule has 2 aliphatic heterocycles. The Morgan fingerprint density at radius 3 is 2.90 bits per heavy atom. The molecule has 0 aromatic heterocycles. The fourth-order valence-corrected chi connectivity index (χ4v) is 2.59. The number of ether oxygens (including phenoxy) is 1. The van der Waals surface area contributed by atoms with Crippen LogP contribution in [0.15, 0.2) is 29.4 Å². The van der Waals surface area contributed by atoms with E-state index in [2.05, 4.69) is 10.5 Å². The molecule has 5 nitrogen and oxygen atoms in total. The van der Waals surface area contributed by atoms with Gasteiger partial charge in [0.1, 0.15) is 0 Å². The largest absolute Gasteiger partial charge is 0.382 e. The zero-order valence-corrected chi connectivity index (χ0v) is 12.3. The predicted octanol–water partition coefficient (Wildman–Crippen LogP) is 2.13. The molecule has 0 radical (unpaired) electrons. The van der Waals surface area contributed by atoms with Gasteiger partial charge < -0.3 is 14.9 Å². The van der Waals surface area contributed by atoms with E-state index in [9.17, 15) is 4.79 Å². The second-order valence-corrected chi connectivity index (χ2v) is 5.66. The molecule has 6 heteroatoms. The van der Waals surface area contributed by atoms with Gasteiger partial charge >= 0.3 is 0 Å². The summed E-state index contributed by atoms with van der Waals surface area (Å²) in [7, 11) is 0. The lowest BCUT2D eigenvalue weighted by Gasteiger charge is -2.13. The van der Waals surface area contributed by atoms with Gasteiger partial charge in [0.2, 0.25) is 6.10 Å². The molecule has 0 spiro atoms. The van der Waals surface area contributed by atoms with Gasteiger partial charge in [0.25, 0.3) is 5.91 Å². The highest BCUT2D eigenvalue weighted by Crippen LogP contribution is 2.19. The summed E-state index contributed by atoms with van der Waals surface area (Å²) < 4.78 is 5.47. The fraction of sp³-hybridized carbons (Fsp3) is 0.467. The molecule has 1 aromatic rings. The number of carbonyl (C=O) groups excluding carboxylic acids is 1. The van der Waals surface area contributed by atoms with Crippen LogP contribution in [0.1, 0.15) is 24.8 Å². The van der Waals surface area contributed by atoms with Gasteiger partial charge in [-0.25, -0.2) is 0 Å². The highest BCUT2D eigenvalue weighted by atomic mass is 35.5. The first-order valence-corrected chi connectivity index (χ1v) is 7.48. The molecule has 112 valence electrons. The van der Waals surface area contributed by atoms with Crippen LogP contribution in [0.3, 0.4) is 0 Å². The number of rotatable bonds is 4. The lowest BCUT2D eigenvalue weighted by Crippen LogP contribution is -2.39. The number of hydrogen-bond donors (Lipinski definition) is 1. The molecule has 1 amide bonds. The molecule has 1 saturated heterocycles. The molecular formula is C15H17ClN2O3. The number of nitrogens with zero attached hydrogens (tertiary/aromatic N) is 1. The van der Waals surface area contributed by atoms with Crippen LogP contribution in [0.25, 0.3) is 0 Å². The normalized spacial score (nSPS) is 24.5. The lowest BCUT2D eigenvalue weighted by atomic mass is 10.0. The zero-order valence-electron chi connectivity index (χ0n) is 11.5. The van der Waals surface area contributed by atoms with Gasteiger partial charge in [-0.15, -0.1) is 0 Å². The minimum atomic E-state index is -0.558. The summed E-state index contributed by atoms with van der Waals surface area (Å²) >= 11 is 5.85. The standard InChI is InChI=1S/C15H17ClN2O3/c16-11-5-3-10(4-6-11)13-8-14(21-18-13)15(19)17-9-12-2-1-7-20-12/h3-6,12,14H,1-2,7-9H2,(H,17,19)/t12-,14+/m0/s1. The van der Waals surface area contributed by atoms with E-state index < -0.39 is 6.10 Å². The predicted molar refractivity (Wildman–Crippen MR) is 79.5 cm³/mol. The maximum absolute atomic E-state index is 12.0. The maximum atomic E-state index is 12.0. The Morgan fingerprint density at radius 1 is 1.38 bits per heavy atom. The van der Waals surface area contributed by atoms with Crippen LogP contribution in [0.5, 0.6) is 0 Å². The highest BCUT2D eigenvalue weighted by Gasteiger charge is 2.29. The van der Waals surface area contributed by atoms with E-state index >= 15 is 0 Å². The summed E-state index contributed by atoms with van der Waals surface area (Å²) in [6, 6.07) is 7.34. The first-order valence-electron chi connectivity index (χ1n) is 7.10. The number of nitrogens with one attached hydrogen (secondary N) is 1. The van der Waals surface area contributed by atoms with Crippen molar-refractivity contribution in [1.29, 1.82) is 0 Å². The Balaban J connectivity index is 1.50. The number of amides is 1. The molecule has 2 heterocycles. The average molecular weight is 309 g/mol. The SMILES string of the molecule is O=C(NC[C@@H]1CCCO1)[C@H]1CC(c2ccc(Cl)cc2)=NO1. The van der Waals surface area contributed by atoms with E-state index in [0.717, 1.165) is 30.7 Å². The van der Waals surface area contributed by atoms with Gasteiger partial charge in [-0.05, 0) is 30.5 Å². The van der Waals surface area contributed by atoms with E-state index in [0.29, 0.717) is 18.0 Å². The van der Waals surface area contributed by atoms with Gasteiger partial charge in [0.05, 0.1) is 11.8 Å². The molecule has 0 saturated carbocycles. The molecule has 1 fully saturated rings. The summed E-state index contributed by atoms with van der Waals surface area (Å²) in [5.74, 6) is -0.141. The van der Waals surface area contributed by atoms with Crippen molar-refractivity contribution in [3.8, 4) is 0 Å². The van der Waals surface area contributed by atoms with Crippen molar-refractivity contribution in [2.75, 3.05) is 13.2 Å². The molecule has 1 aromatic carbocycles. The minimum absolute atomic E-state index is 0.131. The first kappa shape index (κ1) is 14.4. The van der Waals surface area contributed by atoms with Crippen molar-refractivity contribution in [2.24, 2.45) is 5.16 Å².